The van der Waals surface area contributed by atoms with E-state index < -0.39 is 18.3 Å². The average Bonchev–Trinajstić information content (AvgIpc) is 3.21. The number of benzene rings is 1. The van der Waals surface area contributed by atoms with E-state index in [0.29, 0.717) is 16.9 Å². The maximum absolute atomic E-state index is 15.1. The molecule has 4 rings (SSSR count). The van der Waals surface area contributed by atoms with Crippen LogP contribution in [-0.4, -0.2) is 23.3 Å². The van der Waals surface area contributed by atoms with E-state index in [1.54, 1.807) is 13.0 Å². The molecule has 2 heterocycles. The van der Waals surface area contributed by atoms with Crippen LogP contribution in [0.5, 0.6) is 0 Å². The van der Waals surface area contributed by atoms with E-state index in [1.807, 2.05) is 44.7 Å². The SMILES string of the molecule is Cc1c(-[n+]2c[nH]c(C3CC3)c2)ccc(B2OC(C)(C)C(C)(C)O2)c1F. The Bertz CT molecular complexity index is 811. The van der Waals surface area contributed by atoms with Gasteiger partial charge in [-0.1, -0.05) is 6.07 Å². The summed E-state index contributed by atoms with van der Waals surface area (Å²) in [6.45, 7) is 9.70. The molecule has 0 bridgehead atoms. The molecule has 1 aromatic heterocycles. The van der Waals surface area contributed by atoms with Crippen LogP contribution in [0.3, 0.4) is 0 Å². The van der Waals surface area contributed by atoms with E-state index in [-0.39, 0.29) is 5.82 Å². The Morgan fingerprint density at radius 2 is 1.80 bits per heavy atom. The zero-order valence-corrected chi connectivity index (χ0v) is 15.5. The second kappa shape index (κ2) is 5.42. The summed E-state index contributed by atoms with van der Waals surface area (Å²) in [5.74, 6) is 0.369. The van der Waals surface area contributed by atoms with Gasteiger partial charge in [-0.2, -0.15) is 0 Å². The fourth-order valence-corrected chi connectivity index (χ4v) is 3.25. The Kier molecular flexibility index (Phi) is 3.64. The van der Waals surface area contributed by atoms with Crippen LogP contribution in [0.2, 0.25) is 0 Å². The first-order chi connectivity index (χ1) is 11.7. The zero-order valence-electron chi connectivity index (χ0n) is 15.5. The highest BCUT2D eigenvalue weighted by molar-refractivity contribution is 6.62. The topological polar surface area (TPSA) is 38.1 Å². The summed E-state index contributed by atoms with van der Waals surface area (Å²) in [6, 6.07) is 3.71. The van der Waals surface area contributed by atoms with Crippen molar-refractivity contribution < 1.29 is 18.3 Å². The largest absolute Gasteiger partial charge is 0.497 e. The lowest BCUT2D eigenvalue weighted by molar-refractivity contribution is -0.594. The highest BCUT2D eigenvalue weighted by Crippen LogP contribution is 2.38. The van der Waals surface area contributed by atoms with Gasteiger partial charge in [-0.15, -0.1) is 0 Å². The molecule has 1 N–H and O–H groups in total. The van der Waals surface area contributed by atoms with Crippen molar-refractivity contribution in [2.45, 2.75) is 64.6 Å². The lowest BCUT2D eigenvalue weighted by Crippen LogP contribution is -2.41. The Balaban J connectivity index is 1.67. The molecule has 25 heavy (non-hydrogen) atoms. The number of nitrogens with zero attached hydrogens (tertiary/aromatic N) is 1. The Hall–Kier alpha value is -1.66. The van der Waals surface area contributed by atoms with Gasteiger partial charge in [0.1, 0.15) is 23.4 Å². The lowest BCUT2D eigenvalue weighted by Gasteiger charge is -2.32. The Morgan fingerprint density at radius 3 is 2.40 bits per heavy atom. The molecule has 4 nitrogen and oxygen atoms in total. The smallest absolute Gasteiger partial charge is 0.399 e. The third kappa shape index (κ3) is 2.72. The standard InChI is InChI=1S/C19H24BFN2O2/c1-12-16(23-10-15(22-11-23)13-6-7-13)9-8-14(17(12)21)20-24-18(2,3)19(4,5)25-20/h8-11,13H,6-7H2,1-5H3/p+1. The number of nitrogens with one attached hydrogen (secondary N) is 1. The Labute approximate surface area is 148 Å². The van der Waals surface area contributed by atoms with Gasteiger partial charge in [0.15, 0.2) is 0 Å². The predicted molar refractivity (Wildman–Crippen MR) is 94.7 cm³/mol. The first kappa shape index (κ1) is 16.8. The van der Waals surface area contributed by atoms with Gasteiger partial charge in [0.05, 0.1) is 11.2 Å². The predicted octanol–water partition coefficient (Wildman–Crippen LogP) is 2.92. The molecule has 1 aliphatic heterocycles. The fourth-order valence-electron chi connectivity index (χ4n) is 3.25. The summed E-state index contributed by atoms with van der Waals surface area (Å²) in [4.78, 5) is 3.30. The molecular formula is C19H25BFN2O2+. The number of aromatic amines is 1. The molecular weight excluding hydrogens is 318 g/mol. The summed E-state index contributed by atoms with van der Waals surface area (Å²) in [6.07, 6.45) is 6.42. The van der Waals surface area contributed by atoms with Crippen molar-refractivity contribution in [3.05, 3.63) is 41.7 Å². The molecule has 0 amide bonds. The maximum atomic E-state index is 15.1. The van der Waals surface area contributed by atoms with Crippen molar-refractivity contribution >= 4 is 12.6 Å². The third-order valence-corrected chi connectivity index (χ3v) is 5.84. The molecule has 0 spiro atoms. The summed E-state index contributed by atoms with van der Waals surface area (Å²) < 4.78 is 29.1. The second-order valence-corrected chi connectivity index (χ2v) is 8.24. The van der Waals surface area contributed by atoms with Crippen molar-refractivity contribution in [2.24, 2.45) is 0 Å². The molecule has 0 unspecified atom stereocenters. The highest BCUT2D eigenvalue weighted by atomic mass is 19.1. The monoisotopic (exact) mass is 343 g/mol. The van der Waals surface area contributed by atoms with Crippen LogP contribution in [0.1, 0.15) is 57.7 Å². The Morgan fingerprint density at radius 1 is 1.16 bits per heavy atom. The van der Waals surface area contributed by atoms with Gasteiger partial charge in [-0.3, -0.25) is 0 Å². The minimum absolute atomic E-state index is 0.266. The van der Waals surface area contributed by atoms with Gasteiger partial charge >= 0.3 is 7.12 Å². The summed E-state index contributed by atoms with van der Waals surface area (Å²) in [5, 5.41) is 0. The minimum Gasteiger partial charge on any atom is -0.399 e. The van der Waals surface area contributed by atoms with Crippen molar-refractivity contribution in [1.82, 2.24) is 4.98 Å². The maximum Gasteiger partial charge on any atom is 0.497 e. The molecule has 1 saturated heterocycles. The van der Waals surface area contributed by atoms with Gasteiger partial charge in [-0.05, 0) is 53.5 Å². The number of aromatic nitrogens is 2. The van der Waals surface area contributed by atoms with E-state index >= 15 is 4.39 Å². The number of H-pyrrole nitrogens is 1. The molecule has 2 aliphatic rings. The van der Waals surface area contributed by atoms with Crippen LogP contribution < -0.4 is 10.0 Å². The van der Waals surface area contributed by atoms with Gasteiger partial charge in [0.2, 0.25) is 6.33 Å². The molecule has 2 fully saturated rings. The van der Waals surface area contributed by atoms with E-state index in [9.17, 15) is 0 Å². The van der Waals surface area contributed by atoms with Crippen molar-refractivity contribution in [2.75, 3.05) is 0 Å². The van der Waals surface area contributed by atoms with Gasteiger partial charge in [0, 0.05) is 16.9 Å². The number of hydrogen-bond donors (Lipinski definition) is 1. The van der Waals surface area contributed by atoms with Gasteiger partial charge in [0.25, 0.3) is 0 Å². The molecule has 0 radical (unpaired) electrons. The van der Waals surface area contributed by atoms with E-state index in [4.69, 9.17) is 9.31 Å². The third-order valence-electron chi connectivity index (χ3n) is 5.84. The van der Waals surface area contributed by atoms with Crippen LogP contribution in [0.25, 0.3) is 5.69 Å². The summed E-state index contributed by atoms with van der Waals surface area (Å²) in [5.41, 5.74) is 2.14. The van der Waals surface area contributed by atoms with Crippen LogP contribution in [-0.2, 0) is 9.31 Å². The first-order valence-electron chi connectivity index (χ1n) is 8.94. The van der Waals surface area contributed by atoms with Crippen LogP contribution in [0, 0.1) is 12.7 Å². The average molecular weight is 343 g/mol. The molecule has 1 saturated carbocycles. The second-order valence-electron chi connectivity index (χ2n) is 8.24. The molecule has 132 valence electrons. The number of rotatable bonds is 3. The summed E-state index contributed by atoms with van der Waals surface area (Å²) >= 11 is 0. The molecule has 1 aromatic carbocycles. The highest BCUT2D eigenvalue weighted by Gasteiger charge is 2.52. The van der Waals surface area contributed by atoms with Crippen molar-refractivity contribution in [1.29, 1.82) is 0 Å². The van der Waals surface area contributed by atoms with E-state index in [0.717, 1.165) is 5.69 Å². The van der Waals surface area contributed by atoms with Crippen LogP contribution >= 0.6 is 0 Å². The first-order valence-corrected chi connectivity index (χ1v) is 8.94. The number of halogens is 1. The fraction of sp³-hybridized carbons (Fsp3) is 0.526. The normalized spacial score (nSPS) is 21.8. The molecule has 0 atom stereocenters. The van der Waals surface area contributed by atoms with Gasteiger partial charge in [-0.25, -0.2) is 13.9 Å². The van der Waals surface area contributed by atoms with Crippen molar-refractivity contribution in [3.63, 3.8) is 0 Å². The minimum atomic E-state index is -0.684. The van der Waals surface area contributed by atoms with Gasteiger partial charge < -0.3 is 9.31 Å². The van der Waals surface area contributed by atoms with E-state index in [2.05, 4.69) is 11.2 Å². The van der Waals surface area contributed by atoms with E-state index in [1.165, 1.54) is 18.5 Å². The molecule has 1 aliphatic carbocycles. The van der Waals surface area contributed by atoms with Crippen LogP contribution in [0.15, 0.2) is 24.7 Å². The number of hydrogen-bond acceptors (Lipinski definition) is 2. The zero-order chi connectivity index (χ0) is 18.0. The molecule has 2 aromatic rings. The molecule has 6 heteroatoms. The van der Waals surface area contributed by atoms with Crippen LogP contribution in [0.4, 0.5) is 4.39 Å². The van der Waals surface area contributed by atoms with Crippen molar-refractivity contribution in [3.8, 4) is 5.69 Å². The number of imidazole rings is 1. The quantitative estimate of drug-likeness (QED) is 0.687. The summed E-state index contributed by atoms with van der Waals surface area (Å²) in [7, 11) is -0.684. The lowest BCUT2D eigenvalue weighted by atomic mass is 9.77.